The number of rotatable bonds is 7. The summed E-state index contributed by atoms with van der Waals surface area (Å²) < 4.78 is 5.79. The van der Waals surface area contributed by atoms with E-state index in [1.54, 1.807) is 30.1 Å². The van der Waals surface area contributed by atoms with Crippen LogP contribution in [0.4, 0.5) is 0 Å². The molecule has 0 radical (unpaired) electrons. The molecule has 0 unspecified atom stereocenters. The molecule has 0 N–H and O–H groups in total. The molecule has 32 heavy (non-hydrogen) atoms. The lowest BCUT2D eigenvalue weighted by Gasteiger charge is -2.31. The highest BCUT2D eigenvalue weighted by Crippen LogP contribution is 2.45. The van der Waals surface area contributed by atoms with Crippen molar-refractivity contribution < 1.29 is 19.1 Å². The lowest BCUT2D eigenvalue weighted by Crippen LogP contribution is -2.45. The van der Waals surface area contributed by atoms with Gasteiger partial charge >= 0.3 is 0 Å². The van der Waals surface area contributed by atoms with Gasteiger partial charge in [-0.3, -0.25) is 19.3 Å². The van der Waals surface area contributed by atoms with E-state index in [1.807, 2.05) is 6.07 Å². The van der Waals surface area contributed by atoms with Crippen molar-refractivity contribution in [1.29, 1.82) is 0 Å². The van der Waals surface area contributed by atoms with Crippen LogP contribution in [-0.4, -0.2) is 59.9 Å². The number of amides is 3. The number of hydrogen-bond acceptors (Lipinski definition) is 4. The molecule has 2 heterocycles. The maximum absolute atomic E-state index is 13.8. The molecule has 0 aromatic heterocycles. The van der Waals surface area contributed by atoms with E-state index in [0.717, 1.165) is 58.0 Å². The van der Waals surface area contributed by atoms with E-state index in [1.165, 1.54) is 4.90 Å². The summed E-state index contributed by atoms with van der Waals surface area (Å²) in [5.74, 6) is -0.595. The van der Waals surface area contributed by atoms with Crippen LogP contribution in [0.15, 0.2) is 24.3 Å². The molecule has 1 aromatic carbocycles. The highest BCUT2D eigenvalue weighted by molar-refractivity contribution is 6.32. The third-order valence-electron chi connectivity index (χ3n) is 7.37. The Hall–Kier alpha value is -1.92. The van der Waals surface area contributed by atoms with Crippen molar-refractivity contribution in [3.05, 3.63) is 34.9 Å². The molecule has 2 aliphatic heterocycles. The van der Waals surface area contributed by atoms with Crippen molar-refractivity contribution in [3.63, 3.8) is 0 Å². The van der Waals surface area contributed by atoms with Crippen molar-refractivity contribution in [3.8, 4) is 0 Å². The number of imide groups is 1. The van der Waals surface area contributed by atoms with E-state index in [2.05, 4.69) is 0 Å². The average molecular weight is 461 g/mol. The molecule has 0 bridgehead atoms. The van der Waals surface area contributed by atoms with Gasteiger partial charge in [-0.15, -0.1) is 0 Å². The van der Waals surface area contributed by atoms with Crippen LogP contribution in [0.2, 0.25) is 5.02 Å². The standard InChI is InChI=1S/C25H33ClN2O4/c1-27(14-13-19-10-6-7-15-32-19)22(29)16-25(20-11-4-5-12-21(20)26)17-23(30)28(24(25)31)18-8-2-3-9-18/h4-5,11-12,18-19H,2-3,6-10,13-17H2,1H3/t19-,25+/m0/s1. The van der Waals surface area contributed by atoms with Crippen LogP contribution >= 0.6 is 11.6 Å². The van der Waals surface area contributed by atoms with Crippen LogP contribution in [-0.2, 0) is 24.5 Å². The first kappa shape index (κ1) is 23.2. The van der Waals surface area contributed by atoms with Crippen LogP contribution in [0, 0.1) is 0 Å². The summed E-state index contributed by atoms with van der Waals surface area (Å²) in [6, 6.07) is 7.06. The lowest BCUT2D eigenvalue weighted by molar-refractivity contribution is -0.144. The van der Waals surface area contributed by atoms with Crippen LogP contribution in [0.5, 0.6) is 0 Å². The van der Waals surface area contributed by atoms with Crippen LogP contribution in [0.3, 0.4) is 0 Å². The largest absolute Gasteiger partial charge is 0.378 e. The Balaban J connectivity index is 1.55. The lowest BCUT2D eigenvalue weighted by atomic mass is 9.75. The third-order valence-corrected chi connectivity index (χ3v) is 7.70. The first-order chi connectivity index (χ1) is 15.4. The molecule has 7 heteroatoms. The average Bonchev–Trinajstić information content (AvgIpc) is 3.39. The SMILES string of the molecule is CN(CC[C@@H]1CCCCO1)C(=O)C[C@]1(c2ccccc2Cl)CC(=O)N(C2CCCC2)C1=O. The van der Waals surface area contributed by atoms with E-state index in [0.29, 0.717) is 17.1 Å². The minimum absolute atomic E-state index is 0.00260. The molecule has 4 rings (SSSR count). The van der Waals surface area contributed by atoms with Gasteiger partial charge < -0.3 is 9.64 Å². The number of ether oxygens (including phenoxy) is 1. The molecule has 3 aliphatic rings. The Morgan fingerprint density at radius 2 is 1.88 bits per heavy atom. The molecule has 1 aromatic rings. The van der Waals surface area contributed by atoms with Gasteiger partial charge in [0.05, 0.1) is 11.5 Å². The van der Waals surface area contributed by atoms with Gasteiger partial charge in [0.15, 0.2) is 0 Å². The molecule has 2 saturated heterocycles. The van der Waals surface area contributed by atoms with E-state index >= 15 is 0 Å². The molecular weight excluding hydrogens is 428 g/mol. The summed E-state index contributed by atoms with van der Waals surface area (Å²) >= 11 is 6.52. The first-order valence-corrected chi connectivity index (χ1v) is 12.3. The second kappa shape index (κ2) is 9.92. The molecule has 1 aliphatic carbocycles. The van der Waals surface area contributed by atoms with Crippen molar-refractivity contribution in [1.82, 2.24) is 9.80 Å². The third kappa shape index (κ3) is 4.58. The van der Waals surface area contributed by atoms with Crippen LogP contribution in [0.25, 0.3) is 0 Å². The molecular formula is C25H33ClN2O4. The molecule has 6 nitrogen and oxygen atoms in total. The van der Waals surface area contributed by atoms with Crippen molar-refractivity contribution >= 4 is 29.3 Å². The fourth-order valence-corrected chi connectivity index (χ4v) is 5.79. The Kier molecular flexibility index (Phi) is 7.21. The van der Waals surface area contributed by atoms with Gasteiger partial charge in [-0.05, 0) is 50.2 Å². The zero-order chi connectivity index (χ0) is 22.7. The Morgan fingerprint density at radius 1 is 1.16 bits per heavy atom. The van der Waals surface area contributed by atoms with Gasteiger partial charge in [-0.1, -0.05) is 42.6 Å². The summed E-state index contributed by atoms with van der Waals surface area (Å²) in [5.41, 5.74) is -0.650. The zero-order valence-electron chi connectivity index (χ0n) is 18.9. The normalized spacial score (nSPS) is 26.7. The van der Waals surface area contributed by atoms with Crippen molar-refractivity contribution in [2.75, 3.05) is 20.2 Å². The zero-order valence-corrected chi connectivity index (χ0v) is 19.6. The fourth-order valence-electron chi connectivity index (χ4n) is 5.48. The smallest absolute Gasteiger partial charge is 0.241 e. The number of benzene rings is 1. The molecule has 174 valence electrons. The van der Waals surface area contributed by atoms with Crippen molar-refractivity contribution in [2.24, 2.45) is 0 Å². The first-order valence-electron chi connectivity index (χ1n) is 11.9. The summed E-state index contributed by atoms with van der Waals surface area (Å²) in [5, 5.41) is 0.424. The van der Waals surface area contributed by atoms with E-state index in [4.69, 9.17) is 16.3 Å². The molecule has 1 saturated carbocycles. The second-order valence-electron chi connectivity index (χ2n) is 9.52. The fraction of sp³-hybridized carbons (Fsp3) is 0.640. The van der Waals surface area contributed by atoms with Gasteiger partial charge in [0.25, 0.3) is 0 Å². The summed E-state index contributed by atoms with van der Waals surface area (Å²) in [6.07, 6.45) is 7.91. The summed E-state index contributed by atoms with van der Waals surface area (Å²) in [7, 11) is 1.77. The Bertz CT molecular complexity index is 863. The van der Waals surface area contributed by atoms with Gasteiger partial charge in [0, 0.05) is 44.1 Å². The van der Waals surface area contributed by atoms with Gasteiger partial charge in [-0.2, -0.15) is 0 Å². The molecule has 3 fully saturated rings. The molecule has 0 spiro atoms. The predicted molar refractivity (Wildman–Crippen MR) is 122 cm³/mol. The quantitative estimate of drug-likeness (QED) is 0.575. The van der Waals surface area contributed by atoms with Crippen LogP contribution < -0.4 is 0 Å². The van der Waals surface area contributed by atoms with Gasteiger partial charge in [-0.25, -0.2) is 0 Å². The highest BCUT2D eigenvalue weighted by Gasteiger charge is 2.56. The number of carbonyl (C=O) groups excluding carboxylic acids is 3. The van der Waals surface area contributed by atoms with E-state index in [-0.39, 0.29) is 42.7 Å². The van der Waals surface area contributed by atoms with Crippen molar-refractivity contribution in [2.45, 2.75) is 81.8 Å². The van der Waals surface area contributed by atoms with Gasteiger partial charge in [0.2, 0.25) is 17.7 Å². The number of carbonyl (C=O) groups is 3. The maximum Gasteiger partial charge on any atom is 0.241 e. The van der Waals surface area contributed by atoms with E-state index < -0.39 is 5.41 Å². The highest BCUT2D eigenvalue weighted by atomic mass is 35.5. The van der Waals surface area contributed by atoms with Gasteiger partial charge in [0.1, 0.15) is 0 Å². The summed E-state index contributed by atoms with van der Waals surface area (Å²) in [4.78, 5) is 43.3. The molecule has 3 amide bonds. The number of hydrogen-bond donors (Lipinski definition) is 0. The van der Waals surface area contributed by atoms with E-state index in [9.17, 15) is 14.4 Å². The molecule has 2 atom stereocenters. The number of nitrogens with zero attached hydrogens (tertiary/aromatic N) is 2. The Morgan fingerprint density at radius 3 is 2.56 bits per heavy atom. The predicted octanol–water partition coefficient (Wildman–Crippen LogP) is 4.09. The monoisotopic (exact) mass is 460 g/mol. The minimum atomic E-state index is -1.23. The van der Waals surface area contributed by atoms with Crippen LogP contribution in [0.1, 0.15) is 69.8 Å². The number of halogens is 1. The topological polar surface area (TPSA) is 66.9 Å². The maximum atomic E-state index is 13.8. The Labute approximate surface area is 195 Å². The minimum Gasteiger partial charge on any atom is -0.378 e. The summed E-state index contributed by atoms with van der Waals surface area (Å²) in [6.45, 7) is 1.35. The second-order valence-corrected chi connectivity index (χ2v) is 9.92. The number of likely N-dealkylation sites (tertiary alicyclic amines) is 1.